The fraction of sp³-hybridized carbons (Fsp3) is 0.333. The van der Waals surface area contributed by atoms with Crippen molar-refractivity contribution >= 4 is 23.3 Å². The van der Waals surface area contributed by atoms with Crippen molar-refractivity contribution in [2.45, 2.75) is 0 Å². The number of amides is 1. The maximum atomic E-state index is 11.8. The van der Waals surface area contributed by atoms with Crippen molar-refractivity contribution in [3.8, 4) is 5.75 Å². The van der Waals surface area contributed by atoms with E-state index in [-0.39, 0.29) is 5.91 Å². The van der Waals surface area contributed by atoms with Crippen molar-refractivity contribution in [3.63, 3.8) is 0 Å². The molecule has 0 radical (unpaired) electrons. The molecule has 118 valence electrons. The molecule has 0 aliphatic carbocycles. The Morgan fingerprint density at radius 2 is 1.91 bits per heavy atom. The van der Waals surface area contributed by atoms with Crippen LogP contribution < -0.4 is 15.4 Å². The zero-order chi connectivity index (χ0) is 16.1. The molecule has 3 N–H and O–H groups in total. The standard InChI is InChI=1S/C15H19N3O4/c1-22-13-3-2-11(16)10-12(13)17-6-8-18(9-7-17)14(19)4-5-15(20)21/h2-5,10H,6-9,16H2,1H3,(H,20,21)/b5-4+. The maximum Gasteiger partial charge on any atom is 0.328 e. The van der Waals surface area contributed by atoms with Gasteiger partial charge in [0.2, 0.25) is 5.91 Å². The second-order valence-corrected chi connectivity index (χ2v) is 4.92. The number of nitrogens with zero attached hydrogens (tertiary/aromatic N) is 2. The Bertz CT molecular complexity index is 592. The van der Waals surface area contributed by atoms with Gasteiger partial charge < -0.3 is 25.4 Å². The number of nitrogens with two attached hydrogens (primary N) is 1. The summed E-state index contributed by atoms with van der Waals surface area (Å²) in [6, 6.07) is 5.44. The van der Waals surface area contributed by atoms with Crippen LogP contribution in [0, 0.1) is 0 Å². The highest BCUT2D eigenvalue weighted by Crippen LogP contribution is 2.31. The number of carbonyl (C=O) groups excluding carboxylic acids is 1. The number of aliphatic carboxylic acids is 1. The highest BCUT2D eigenvalue weighted by atomic mass is 16.5. The molecule has 1 aliphatic heterocycles. The van der Waals surface area contributed by atoms with Gasteiger partial charge in [0.1, 0.15) is 5.75 Å². The number of carboxylic acid groups (broad SMARTS) is 1. The Morgan fingerprint density at radius 3 is 2.50 bits per heavy atom. The van der Waals surface area contributed by atoms with E-state index in [0.29, 0.717) is 31.9 Å². The minimum Gasteiger partial charge on any atom is -0.495 e. The number of hydrogen-bond acceptors (Lipinski definition) is 5. The lowest BCUT2D eigenvalue weighted by Crippen LogP contribution is -2.48. The van der Waals surface area contributed by atoms with Crippen LogP contribution in [0.2, 0.25) is 0 Å². The fourth-order valence-corrected chi connectivity index (χ4v) is 2.37. The lowest BCUT2D eigenvalue weighted by molar-refractivity contribution is -0.132. The summed E-state index contributed by atoms with van der Waals surface area (Å²) in [4.78, 5) is 26.0. The molecule has 1 aromatic rings. The summed E-state index contributed by atoms with van der Waals surface area (Å²) in [6.45, 7) is 2.29. The van der Waals surface area contributed by atoms with Gasteiger partial charge >= 0.3 is 5.97 Å². The van der Waals surface area contributed by atoms with Gasteiger partial charge in [-0.3, -0.25) is 4.79 Å². The Morgan fingerprint density at radius 1 is 1.23 bits per heavy atom. The number of carbonyl (C=O) groups is 2. The number of hydrogen-bond donors (Lipinski definition) is 2. The lowest BCUT2D eigenvalue weighted by Gasteiger charge is -2.36. The molecule has 0 bridgehead atoms. The molecule has 0 unspecified atom stereocenters. The smallest absolute Gasteiger partial charge is 0.328 e. The van der Waals surface area contributed by atoms with E-state index in [4.69, 9.17) is 15.6 Å². The van der Waals surface area contributed by atoms with Gasteiger partial charge in [-0.05, 0) is 18.2 Å². The van der Waals surface area contributed by atoms with Gasteiger partial charge in [0.25, 0.3) is 0 Å². The highest BCUT2D eigenvalue weighted by molar-refractivity contribution is 5.94. The van der Waals surface area contributed by atoms with Crippen molar-refractivity contribution < 1.29 is 19.4 Å². The van der Waals surface area contributed by atoms with Crippen molar-refractivity contribution in [2.75, 3.05) is 43.9 Å². The van der Waals surface area contributed by atoms with Crippen LogP contribution in [0.1, 0.15) is 0 Å². The first-order valence-corrected chi connectivity index (χ1v) is 6.89. The van der Waals surface area contributed by atoms with Gasteiger partial charge in [0.15, 0.2) is 0 Å². The lowest BCUT2D eigenvalue weighted by atomic mass is 10.2. The average molecular weight is 305 g/mol. The van der Waals surface area contributed by atoms with E-state index in [0.717, 1.165) is 23.6 Å². The molecule has 0 spiro atoms. The monoisotopic (exact) mass is 305 g/mol. The molecule has 1 aliphatic rings. The minimum absolute atomic E-state index is 0.290. The minimum atomic E-state index is -1.13. The Kier molecular flexibility index (Phi) is 4.88. The van der Waals surface area contributed by atoms with E-state index in [1.165, 1.54) is 0 Å². The van der Waals surface area contributed by atoms with Crippen molar-refractivity contribution in [1.82, 2.24) is 4.90 Å². The first-order valence-electron chi connectivity index (χ1n) is 6.89. The van der Waals surface area contributed by atoms with E-state index < -0.39 is 5.97 Å². The number of benzene rings is 1. The van der Waals surface area contributed by atoms with Crippen LogP contribution in [0.25, 0.3) is 0 Å². The second kappa shape index (κ2) is 6.84. The first kappa shape index (κ1) is 15.7. The SMILES string of the molecule is COc1ccc(N)cc1N1CCN(C(=O)/C=C/C(=O)O)CC1. The van der Waals surface area contributed by atoms with Crippen LogP contribution >= 0.6 is 0 Å². The van der Waals surface area contributed by atoms with Gasteiger partial charge in [0, 0.05) is 44.0 Å². The summed E-state index contributed by atoms with van der Waals surface area (Å²) in [5.74, 6) is -0.683. The Labute approximate surface area is 128 Å². The molecule has 0 aromatic heterocycles. The van der Waals surface area contributed by atoms with Gasteiger partial charge in [-0.2, -0.15) is 0 Å². The zero-order valence-electron chi connectivity index (χ0n) is 12.4. The molecular formula is C15H19N3O4. The third-order valence-corrected chi connectivity index (χ3v) is 3.50. The van der Waals surface area contributed by atoms with E-state index in [1.54, 1.807) is 18.1 Å². The van der Waals surface area contributed by atoms with Crippen molar-refractivity contribution in [1.29, 1.82) is 0 Å². The molecule has 1 amide bonds. The Hall–Kier alpha value is -2.70. The van der Waals surface area contributed by atoms with E-state index in [2.05, 4.69) is 4.90 Å². The van der Waals surface area contributed by atoms with Crippen LogP contribution in [-0.2, 0) is 9.59 Å². The molecule has 1 aromatic carbocycles. The van der Waals surface area contributed by atoms with E-state index >= 15 is 0 Å². The molecule has 1 fully saturated rings. The number of methoxy groups -OCH3 is 1. The molecule has 1 heterocycles. The average Bonchev–Trinajstić information content (AvgIpc) is 2.52. The highest BCUT2D eigenvalue weighted by Gasteiger charge is 2.22. The maximum absolute atomic E-state index is 11.8. The molecule has 7 heteroatoms. The summed E-state index contributed by atoms with van der Waals surface area (Å²) in [7, 11) is 1.60. The summed E-state index contributed by atoms with van der Waals surface area (Å²) >= 11 is 0. The number of rotatable bonds is 4. The van der Waals surface area contributed by atoms with Gasteiger partial charge in [-0.15, -0.1) is 0 Å². The first-order chi connectivity index (χ1) is 10.5. The molecule has 2 rings (SSSR count). The van der Waals surface area contributed by atoms with Gasteiger partial charge in [0.05, 0.1) is 12.8 Å². The second-order valence-electron chi connectivity index (χ2n) is 4.92. The molecule has 0 atom stereocenters. The van der Waals surface area contributed by atoms with E-state index in [1.807, 2.05) is 12.1 Å². The Balaban J connectivity index is 2.02. The quantitative estimate of drug-likeness (QED) is 0.623. The third-order valence-electron chi connectivity index (χ3n) is 3.50. The molecular weight excluding hydrogens is 286 g/mol. The van der Waals surface area contributed by atoms with E-state index in [9.17, 15) is 9.59 Å². The normalized spacial score (nSPS) is 15.1. The van der Waals surface area contributed by atoms with Gasteiger partial charge in [-0.1, -0.05) is 0 Å². The predicted molar refractivity (Wildman–Crippen MR) is 83.0 cm³/mol. The number of carboxylic acids is 1. The van der Waals surface area contributed by atoms with Crippen molar-refractivity contribution in [3.05, 3.63) is 30.4 Å². The molecule has 22 heavy (non-hydrogen) atoms. The topological polar surface area (TPSA) is 96.1 Å². The van der Waals surface area contributed by atoms with Crippen LogP contribution in [0.15, 0.2) is 30.4 Å². The molecule has 0 saturated carbocycles. The number of nitrogen functional groups attached to an aromatic ring is 1. The summed E-state index contributed by atoms with van der Waals surface area (Å²) in [5.41, 5.74) is 7.37. The summed E-state index contributed by atoms with van der Waals surface area (Å²) in [6.07, 6.45) is 1.94. The number of piperazine rings is 1. The summed E-state index contributed by atoms with van der Waals surface area (Å²) < 4.78 is 5.34. The molecule has 1 saturated heterocycles. The number of ether oxygens (including phenoxy) is 1. The van der Waals surface area contributed by atoms with Gasteiger partial charge in [-0.25, -0.2) is 4.79 Å². The van der Waals surface area contributed by atoms with Crippen molar-refractivity contribution in [2.24, 2.45) is 0 Å². The van der Waals surface area contributed by atoms with Crippen LogP contribution in [0.3, 0.4) is 0 Å². The van der Waals surface area contributed by atoms with Crippen LogP contribution in [0.4, 0.5) is 11.4 Å². The number of anilines is 2. The predicted octanol–water partition coefficient (Wildman–Crippen LogP) is 0.567. The third kappa shape index (κ3) is 3.69. The van der Waals surface area contributed by atoms with Crippen LogP contribution in [0.5, 0.6) is 5.75 Å². The fourth-order valence-electron chi connectivity index (χ4n) is 2.37. The largest absolute Gasteiger partial charge is 0.495 e. The summed E-state index contributed by atoms with van der Waals surface area (Å²) in [5, 5.41) is 8.54. The molecule has 7 nitrogen and oxygen atoms in total. The zero-order valence-corrected chi connectivity index (χ0v) is 12.4. The van der Waals surface area contributed by atoms with Crippen LogP contribution in [-0.4, -0.2) is 55.2 Å².